The highest BCUT2D eigenvalue weighted by Gasteiger charge is 2.37. The molecule has 1 aliphatic heterocycles. The Balaban J connectivity index is 1.86. The molecule has 1 saturated heterocycles. The largest absolute Gasteiger partial charge is 0.313 e. The molecule has 15 heavy (non-hydrogen) atoms. The molecule has 1 heterocycles. The van der Waals surface area contributed by atoms with Crippen molar-refractivity contribution in [2.24, 2.45) is 5.92 Å². The maximum atomic E-state index is 11.7. The molecule has 0 aromatic rings. The van der Waals surface area contributed by atoms with E-state index in [0.717, 1.165) is 18.9 Å². The van der Waals surface area contributed by atoms with Crippen molar-refractivity contribution in [1.29, 1.82) is 0 Å². The van der Waals surface area contributed by atoms with Crippen molar-refractivity contribution >= 4 is 9.84 Å². The van der Waals surface area contributed by atoms with E-state index in [4.69, 9.17) is 0 Å². The maximum Gasteiger partial charge on any atom is 0.155 e. The molecule has 1 aliphatic carbocycles. The van der Waals surface area contributed by atoms with Crippen molar-refractivity contribution in [1.82, 2.24) is 5.32 Å². The zero-order chi connectivity index (χ0) is 10.9. The molecule has 2 atom stereocenters. The van der Waals surface area contributed by atoms with Crippen LogP contribution in [0.5, 0.6) is 0 Å². The quantitative estimate of drug-likeness (QED) is 0.719. The second-order valence-electron chi connectivity index (χ2n) is 4.76. The van der Waals surface area contributed by atoms with Crippen LogP contribution >= 0.6 is 0 Å². The summed E-state index contributed by atoms with van der Waals surface area (Å²) in [4.78, 5) is 0. The maximum absolute atomic E-state index is 11.7. The lowest BCUT2D eigenvalue weighted by Gasteiger charge is -2.09. The number of allylic oxidation sites excluding steroid dienone is 1. The topological polar surface area (TPSA) is 46.2 Å². The van der Waals surface area contributed by atoms with Crippen molar-refractivity contribution in [3.8, 4) is 0 Å². The van der Waals surface area contributed by atoms with Crippen LogP contribution in [0.4, 0.5) is 0 Å². The van der Waals surface area contributed by atoms with Gasteiger partial charge in [0.1, 0.15) is 0 Å². The molecule has 1 saturated carbocycles. The van der Waals surface area contributed by atoms with Gasteiger partial charge in [-0.2, -0.15) is 0 Å². The fourth-order valence-electron chi connectivity index (χ4n) is 2.17. The predicted molar refractivity (Wildman–Crippen MR) is 61.5 cm³/mol. The van der Waals surface area contributed by atoms with Gasteiger partial charge in [-0.15, -0.1) is 6.58 Å². The highest BCUT2D eigenvalue weighted by atomic mass is 32.2. The van der Waals surface area contributed by atoms with E-state index in [9.17, 15) is 8.42 Å². The van der Waals surface area contributed by atoms with E-state index in [1.54, 1.807) is 6.08 Å². The second-order valence-corrected chi connectivity index (χ2v) is 7.09. The van der Waals surface area contributed by atoms with E-state index in [-0.39, 0.29) is 11.3 Å². The molecule has 0 bridgehead atoms. The Morgan fingerprint density at radius 1 is 1.40 bits per heavy atom. The Labute approximate surface area is 91.9 Å². The second kappa shape index (κ2) is 4.26. The third kappa shape index (κ3) is 2.82. The van der Waals surface area contributed by atoms with Crippen molar-refractivity contribution in [3.63, 3.8) is 0 Å². The van der Waals surface area contributed by atoms with Gasteiger partial charge < -0.3 is 5.32 Å². The van der Waals surface area contributed by atoms with Gasteiger partial charge in [-0.1, -0.05) is 6.08 Å². The Morgan fingerprint density at radius 3 is 2.73 bits per heavy atom. The van der Waals surface area contributed by atoms with E-state index in [1.807, 2.05) is 0 Å². The molecule has 4 heteroatoms. The Bertz CT molecular complexity index is 332. The Hall–Kier alpha value is -0.350. The molecule has 2 fully saturated rings. The van der Waals surface area contributed by atoms with Gasteiger partial charge in [-0.25, -0.2) is 8.42 Å². The fraction of sp³-hybridized carbons (Fsp3) is 0.818. The summed E-state index contributed by atoms with van der Waals surface area (Å²) in [7, 11) is -2.86. The van der Waals surface area contributed by atoms with Crippen LogP contribution in [0.2, 0.25) is 0 Å². The van der Waals surface area contributed by atoms with Gasteiger partial charge >= 0.3 is 0 Å². The fourth-order valence-corrected chi connectivity index (χ4v) is 4.22. The van der Waals surface area contributed by atoms with Crippen molar-refractivity contribution in [3.05, 3.63) is 12.7 Å². The zero-order valence-electron chi connectivity index (χ0n) is 8.98. The van der Waals surface area contributed by atoms with Gasteiger partial charge in [0, 0.05) is 6.04 Å². The third-order valence-electron chi connectivity index (χ3n) is 3.31. The SMILES string of the molecule is C=CC[C@@H]1CC(NCC2CC2)CS1(=O)=O. The lowest BCUT2D eigenvalue weighted by Crippen LogP contribution is -2.31. The monoisotopic (exact) mass is 229 g/mol. The van der Waals surface area contributed by atoms with Crippen LogP contribution in [0.25, 0.3) is 0 Å². The first-order valence-corrected chi connectivity index (χ1v) is 7.39. The van der Waals surface area contributed by atoms with Gasteiger partial charge in [0.15, 0.2) is 9.84 Å². The summed E-state index contributed by atoms with van der Waals surface area (Å²) in [5, 5.41) is 3.19. The molecule has 0 spiro atoms. The van der Waals surface area contributed by atoms with E-state index >= 15 is 0 Å². The van der Waals surface area contributed by atoms with Crippen LogP contribution in [0.3, 0.4) is 0 Å². The summed E-state index contributed by atoms with van der Waals surface area (Å²) in [6.07, 6.45) is 5.70. The molecule has 2 rings (SSSR count). The molecule has 86 valence electrons. The molecule has 1 unspecified atom stereocenters. The lowest BCUT2D eigenvalue weighted by atomic mass is 10.1. The van der Waals surface area contributed by atoms with Crippen molar-refractivity contribution < 1.29 is 8.42 Å². The minimum absolute atomic E-state index is 0.181. The first-order chi connectivity index (χ1) is 7.12. The summed E-state index contributed by atoms with van der Waals surface area (Å²) in [5.41, 5.74) is 0. The highest BCUT2D eigenvalue weighted by molar-refractivity contribution is 7.92. The van der Waals surface area contributed by atoms with E-state index < -0.39 is 9.84 Å². The van der Waals surface area contributed by atoms with Gasteiger partial charge in [0.25, 0.3) is 0 Å². The number of nitrogens with one attached hydrogen (secondary N) is 1. The molecule has 0 aromatic carbocycles. The zero-order valence-corrected chi connectivity index (χ0v) is 9.80. The normalized spacial score (nSPS) is 34.1. The molecule has 0 amide bonds. The Morgan fingerprint density at radius 2 is 2.13 bits per heavy atom. The molecule has 2 aliphatic rings. The summed E-state index contributed by atoms with van der Waals surface area (Å²) in [6, 6.07) is 0.181. The van der Waals surface area contributed by atoms with Crippen LogP contribution in [0, 0.1) is 5.92 Å². The van der Waals surface area contributed by atoms with Gasteiger partial charge in [-0.3, -0.25) is 0 Å². The first-order valence-electron chi connectivity index (χ1n) is 5.67. The summed E-state index contributed by atoms with van der Waals surface area (Å²) in [5.74, 6) is 1.13. The molecule has 0 aromatic heterocycles. The standard InChI is InChI=1S/C11H19NO2S/c1-2-3-11-6-10(8-15(11,13)14)12-7-9-4-5-9/h2,9-12H,1,3-8H2/t10?,11-/m1/s1. The summed E-state index contributed by atoms with van der Waals surface area (Å²) >= 11 is 0. The van der Waals surface area contributed by atoms with E-state index in [0.29, 0.717) is 12.2 Å². The summed E-state index contributed by atoms with van der Waals surface area (Å²) in [6.45, 7) is 4.62. The molecular formula is C11H19NO2S. The Kier molecular flexibility index (Phi) is 3.16. The predicted octanol–water partition coefficient (Wildman–Crippen LogP) is 1.12. The van der Waals surface area contributed by atoms with Crippen molar-refractivity contribution in [2.75, 3.05) is 12.3 Å². The smallest absolute Gasteiger partial charge is 0.155 e. The molecule has 0 radical (unpaired) electrons. The van der Waals surface area contributed by atoms with Crippen LogP contribution < -0.4 is 5.32 Å². The van der Waals surface area contributed by atoms with Crippen LogP contribution in [-0.2, 0) is 9.84 Å². The third-order valence-corrected chi connectivity index (χ3v) is 5.58. The van der Waals surface area contributed by atoms with Crippen LogP contribution in [0.15, 0.2) is 12.7 Å². The molecule has 1 N–H and O–H groups in total. The van der Waals surface area contributed by atoms with Crippen molar-refractivity contribution in [2.45, 2.75) is 37.0 Å². The minimum atomic E-state index is -2.86. The molecular weight excluding hydrogens is 210 g/mol. The summed E-state index contributed by atoms with van der Waals surface area (Å²) < 4.78 is 23.5. The van der Waals surface area contributed by atoms with E-state index in [2.05, 4.69) is 11.9 Å². The van der Waals surface area contributed by atoms with Gasteiger partial charge in [0.2, 0.25) is 0 Å². The van der Waals surface area contributed by atoms with E-state index in [1.165, 1.54) is 12.8 Å². The average molecular weight is 229 g/mol. The van der Waals surface area contributed by atoms with Crippen LogP contribution in [0.1, 0.15) is 25.7 Å². The number of sulfone groups is 1. The average Bonchev–Trinajstić information content (AvgIpc) is 2.92. The number of hydrogen-bond donors (Lipinski definition) is 1. The van der Waals surface area contributed by atoms with Gasteiger partial charge in [0.05, 0.1) is 11.0 Å². The number of hydrogen-bond acceptors (Lipinski definition) is 3. The first kappa shape index (κ1) is 11.1. The van der Waals surface area contributed by atoms with Gasteiger partial charge in [-0.05, 0) is 38.1 Å². The van der Waals surface area contributed by atoms with Crippen LogP contribution in [-0.4, -0.2) is 32.0 Å². The lowest BCUT2D eigenvalue weighted by molar-refractivity contribution is 0.515. The minimum Gasteiger partial charge on any atom is -0.313 e. The number of rotatable bonds is 5. The molecule has 3 nitrogen and oxygen atoms in total. The highest BCUT2D eigenvalue weighted by Crippen LogP contribution is 2.29.